The Morgan fingerprint density at radius 2 is 1.93 bits per heavy atom. The molecular formula is C20H21FN4O3. The first kappa shape index (κ1) is 19.5. The minimum atomic E-state index is -0.365. The first-order chi connectivity index (χ1) is 13.4. The Bertz CT molecular complexity index is 1010. The van der Waals surface area contributed by atoms with Gasteiger partial charge >= 0.3 is 0 Å². The van der Waals surface area contributed by atoms with Crippen molar-refractivity contribution in [3.8, 4) is 11.3 Å². The fraction of sp³-hybridized carbons (Fsp3) is 0.300. The van der Waals surface area contributed by atoms with Crippen LogP contribution in [0.5, 0.6) is 0 Å². The number of carbonyl (C=O) groups is 2. The number of aryl methyl sites for hydroxylation is 1. The number of benzene rings is 1. The summed E-state index contributed by atoms with van der Waals surface area (Å²) in [5.74, 6) is -0.921. The minimum Gasteiger partial charge on any atom is -0.355 e. The molecule has 2 aromatic heterocycles. The van der Waals surface area contributed by atoms with Gasteiger partial charge in [0.15, 0.2) is 0 Å². The molecule has 8 heteroatoms. The summed E-state index contributed by atoms with van der Waals surface area (Å²) in [5.41, 5.74) is 2.19. The van der Waals surface area contributed by atoms with Crippen molar-refractivity contribution >= 4 is 22.9 Å². The molecule has 0 saturated carbocycles. The summed E-state index contributed by atoms with van der Waals surface area (Å²) in [6.07, 6.45) is 0. The van der Waals surface area contributed by atoms with Gasteiger partial charge in [0, 0.05) is 18.7 Å². The highest BCUT2D eigenvalue weighted by Crippen LogP contribution is 2.28. The van der Waals surface area contributed by atoms with Crippen LogP contribution in [0.4, 0.5) is 4.39 Å². The highest BCUT2D eigenvalue weighted by atomic mass is 19.1. The van der Waals surface area contributed by atoms with Crippen LogP contribution in [0, 0.1) is 12.7 Å². The standard InChI is InChI=1S/C20H21FN4O3/c1-4-22-17(26)11-25(5-2)20(27)15-10-16(13-6-8-14(21)9-7-13)23-19-18(15)12(3)24-28-19/h6-10H,4-5,11H2,1-3H3,(H,22,26). The Morgan fingerprint density at radius 1 is 1.21 bits per heavy atom. The lowest BCUT2D eigenvalue weighted by Gasteiger charge is -2.21. The van der Waals surface area contributed by atoms with Crippen LogP contribution in [-0.2, 0) is 4.79 Å². The van der Waals surface area contributed by atoms with Gasteiger partial charge in [-0.2, -0.15) is 0 Å². The first-order valence-electron chi connectivity index (χ1n) is 9.03. The molecular weight excluding hydrogens is 363 g/mol. The Morgan fingerprint density at radius 3 is 2.57 bits per heavy atom. The quantitative estimate of drug-likeness (QED) is 0.706. The van der Waals surface area contributed by atoms with Gasteiger partial charge in [-0.3, -0.25) is 9.59 Å². The largest absolute Gasteiger partial charge is 0.355 e. The van der Waals surface area contributed by atoms with Crippen LogP contribution in [-0.4, -0.2) is 46.5 Å². The van der Waals surface area contributed by atoms with Crippen molar-refractivity contribution in [3.63, 3.8) is 0 Å². The number of fused-ring (bicyclic) bond motifs is 1. The van der Waals surface area contributed by atoms with Gasteiger partial charge in [-0.1, -0.05) is 5.16 Å². The molecule has 28 heavy (non-hydrogen) atoms. The summed E-state index contributed by atoms with van der Waals surface area (Å²) in [6, 6.07) is 7.42. The maximum absolute atomic E-state index is 13.3. The zero-order valence-corrected chi connectivity index (χ0v) is 16.0. The van der Waals surface area contributed by atoms with E-state index >= 15 is 0 Å². The second-order valence-electron chi connectivity index (χ2n) is 6.28. The number of nitrogens with zero attached hydrogens (tertiary/aromatic N) is 3. The third-order valence-corrected chi connectivity index (χ3v) is 4.36. The van der Waals surface area contributed by atoms with Crippen molar-refractivity contribution in [3.05, 3.63) is 47.4 Å². The molecule has 0 aliphatic heterocycles. The van der Waals surface area contributed by atoms with E-state index in [9.17, 15) is 14.0 Å². The molecule has 7 nitrogen and oxygen atoms in total. The Kier molecular flexibility index (Phi) is 5.67. The lowest BCUT2D eigenvalue weighted by atomic mass is 10.0. The highest BCUT2D eigenvalue weighted by molar-refractivity contribution is 6.07. The maximum atomic E-state index is 13.3. The maximum Gasteiger partial charge on any atom is 0.259 e. The van der Waals surface area contributed by atoms with Crippen LogP contribution < -0.4 is 5.32 Å². The highest BCUT2D eigenvalue weighted by Gasteiger charge is 2.24. The molecule has 0 bridgehead atoms. The van der Waals surface area contributed by atoms with Gasteiger partial charge in [-0.15, -0.1) is 0 Å². The summed E-state index contributed by atoms with van der Waals surface area (Å²) in [4.78, 5) is 31.0. The van der Waals surface area contributed by atoms with Crippen molar-refractivity contribution in [2.24, 2.45) is 0 Å². The number of pyridine rings is 1. The molecule has 1 aromatic carbocycles. The molecule has 2 heterocycles. The number of hydrogen-bond donors (Lipinski definition) is 1. The smallest absolute Gasteiger partial charge is 0.259 e. The summed E-state index contributed by atoms with van der Waals surface area (Å²) >= 11 is 0. The molecule has 3 rings (SSSR count). The summed E-state index contributed by atoms with van der Waals surface area (Å²) in [5, 5.41) is 7.11. The molecule has 0 fully saturated rings. The van der Waals surface area contributed by atoms with Gasteiger partial charge in [-0.05, 0) is 51.1 Å². The van der Waals surface area contributed by atoms with Crippen LogP contribution in [0.25, 0.3) is 22.4 Å². The minimum absolute atomic E-state index is 0.0524. The number of halogens is 1. The van der Waals surface area contributed by atoms with Crippen molar-refractivity contribution in [1.82, 2.24) is 20.4 Å². The molecule has 2 amide bonds. The van der Waals surface area contributed by atoms with Crippen molar-refractivity contribution < 1.29 is 18.5 Å². The topological polar surface area (TPSA) is 88.3 Å². The monoisotopic (exact) mass is 384 g/mol. The Balaban J connectivity index is 2.07. The van der Waals surface area contributed by atoms with Gasteiger partial charge in [0.25, 0.3) is 11.6 Å². The predicted octanol–water partition coefficient (Wildman–Crippen LogP) is 2.94. The predicted molar refractivity (Wildman–Crippen MR) is 102 cm³/mol. The molecule has 0 atom stereocenters. The summed E-state index contributed by atoms with van der Waals surface area (Å²) in [6.45, 7) is 6.14. The van der Waals surface area contributed by atoms with E-state index in [0.29, 0.717) is 41.0 Å². The zero-order valence-electron chi connectivity index (χ0n) is 16.0. The lowest BCUT2D eigenvalue weighted by molar-refractivity contribution is -0.121. The molecule has 0 radical (unpaired) electrons. The van der Waals surface area contributed by atoms with Crippen LogP contribution in [0.15, 0.2) is 34.9 Å². The average Bonchev–Trinajstić information content (AvgIpc) is 3.06. The summed E-state index contributed by atoms with van der Waals surface area (Å²) < 4.78 is 18.5. The van der Waals surface area contributed by atoms with E-state index in [1.807, 2.05) is 6.92 Å². The SMILES string of the molecule is CCNC(=O)CN(CC)C(=O)c1cc(-c2ccc(F)cc2)nc2onc(C)c12. The first-order valence-corrected chi connectivity index (χ1v) is 9.03. The van der Waals surface area contributed by atoms with E-state index in [1.54, 1.807) is 32.0 Å². The van der Waals surface area contributed by atoms with E-state index in [2.05, 4.69) is 15.5 Å². The molecule has 0 unspecified atom stereocenters. The van der Waals surface area contributed by atoms with E-state index in [0.717, 1.165) is 0 Å². The molecule has 1 N–H and O–H groups in total. The van der Waals surface area contributed by atoms with E-state index in [1.165, 1.54) is 17.0 Å². The van der Waals surface area contributed by atoms with Crippen molar-refractivity contribution in [2.75, 3.05) is 19.6 Å². The normalized spacial score (nSPS) is 10.9. The Labute approximate surface area is 161 Å². The van der Waals surface area contributed by atoms with Gasteiger partial charge in [0.1, 0.15) is 5.82 Å². The zero-order chi connectivity index (χ0) is 20.3. The third-order valence-electron chi connectivity index (χ3n) is 4.36. The molecule has 146 valence electrons. The fourth-order valence-electron chi connectivity index (χ4n) is 2.96. The number of carbonyl (C=O) groups excluding carboxylic acids is 2. The molecule has 0 aliphatic carbocycles. The van der Waals surface area contributed by atoms with Crippen LogP contribution in [0.1, 0.15) is 29.9 Å². The number of hydrogen-bond acceptors (Lipinski definition) is 5. The second-order valence-corrected chi connectivity index (χ2v) is 6.28. The number of amides is 2. The Hall–Kier alpha value is -3.29. The van der Waals surface area contributed by atoms with Crippen LogP contribution >= 0.6 is 0 Å². The van der Waals surface area contributed by atoms with Gasteiger partial charge in [0.2, 0.25) is 5.91 Å². The number of rotatable bonds is 6. The second kappa shape index (κ2) is 8.16. The molecule has 0 aliphatic rings. The van der Waals surface area contributed by atoms with Gasteiger partial charge in [0.05, 0.1) is 28.9 Å². The van der Waals surface area contributed by atoms with E-state index in [-0.39, 0.29) is 29.9 Å². The molecule has 0 saturated heterocycles. The third kappa shape index (κ3) is 3.85. The fourth-order valence-corrected chi connectivity index (χ4v) is 2.96. The van der Waals surface area contributed by atoms with Crippen molar-refractivity contribution in [2.45, 2.75) is 20.8 Å². The lowest BCUT2D eigenvalue weighted by Crippen LogP contribution is -2.40. The van der Waals surface area contributed by atoms with Gasteiger partial charge in [-0.25, -0.2) is 9.37 Å². The molecule has 0 spiro atoms. The van der Waals surface area contributed by atoms with Crippen molar-refractivity contribution in [1.29, 1.82) is 0 Å². The van der Waals surface area contributed by atoms with E-state index < -0.39 is 0 Å². The van der Waals surface area contributed by atoms with Crippen LogP contribution in [0.2, 0.25) is 0 Å². The molecule has 3 aromatic rings. The van der Waals surface area contributed by atoms with Gasteiger partial charge < -0.3 is 14.7 Å². The number of aromatic nitrogens is 2. The number of likely N-dealkylation sites (N-methyl/N-ethyl adjacent to an activating group) is 2. The number of nitrogens with one attached hydrogen (secondary N) is 1. The average molecular weight is 384 g/mol. The van der Waals surface area contributed by atoms with Crippen LogP contribution in [0.3, 0.4) is 0 Å². The van der Waals surface area contributed by atoms with E-state index in [4.69, 9.17) is 4.52 Å². The summed E-state index contributed by atoms with van der Waals surface area (Å²) in [7, 11) is 0.